The molecule has 0 amide bonds. The SMILES string of the molecule is CC/C=C\C/C=C\C/C=C\C/C=C\C/C=C\CCCCCCCCCC(=O)OCC(COC(=O)CCCCCCCCCCCCCC)OC(=O)CCCCCCCCCCCCCCCCCCCCCCC. The van der Waals surface area contributed by atoms with Crippen LogP contribution in [0.2, 0.25) is 0 Å². The number of hydrogen-bond acceptors (Lipinski definition) is 6. The first-order valence-corrected chi connectivity index (χ1v) is 32.3. The molecule has 0 rings (SSSR count). The molecular weight excluding hydrogens is 913 g/mol. The molecule has 6 heteroatoms. The average molecular weight is 1040 g/mol. The molecule has 0 aliphatic carbocycles. The van der Waals surface area contributed by atoms with Crippen LogP contribution in [0.3, 0.4) is 0 Å². The number of hydrogen-bond donors (Lipinski definition) is 0. The molecule has 0 heterocycles. The minimum Gasteiger partial charge on any atom is -0.462 e. The lowest BCUT2D eigenvalue weighted by atomic mass is 10.0. The van der Waals surface area contributed by atoms with Gasteiger partial charge in [0.1, 0.15) is 13.2 Å². The first kappa shape index (κ1) is 71.1. The summed E-state index contributed by atoms with van der Waals surface area (Å²) in [5.41, 5.74) is 0. The maximum Gasteiger partial charge on any atom is 0.306 e. The van der Waals surface area contributed by atoms with Gasteiger partial charge < -0.3 is 14.2 Å². The zero-order valence-corrected chi connectivity index (χ0v) is 49.4. The van der Waals surface area contributed by atoms with Gasteiger partial charge in [0.25, 0.3) is 0 Å². The van der Waals surface area contributed by atoms with E-state index in [1.165, 1.54) is 199 Å². The lowest BCUT2D eigenvalue weighted by Gasteiger charge is -2.18. The summed E-state index contributed by atoms with van der Waals surface area (Å²) in [4.78, 5) is 38.3. The van der Waals surface area contributed by atoms with E-state index in [0.717, 1.165) is 96.3 Å². The van der Waals surface area contributed by atoms with Gasteiger partial charge in [-0.05, 0) is 64.2 Å². The topological polar surface area (TPSA) is 78.9 Å². The standard InChI is InChI=1S/C68H122O6/c1-4-7-10-13-16-19-22-25-27-29-31-33-34-36-37-39-41-43-46-49-52-55-58-61-67(70)73-64-65(63-72-66(69)60-57-54-51-48-45-24-21-18-15-12-9-6-3)74-68(71)62-59-56-53-50-47-44-42-40-38-35-32-30-28-26-23-20-17-14-11-8-5-2/h7,10,16,19,25,27,31,33,36-37,65H,4-6,8-9,11-15,17-18,20-24,26,28-30,32,34-35,38-64H2,1-3H3/b10-7-,19-16-,27-25-,33-31-,37-36-. The summed E-state index contributed by atoms with van der Waals surface area (Å²) in [6, 6.07) is 0. The van der Waals surface area contributed by atoms with Crippen LogP contribution in [0.1, 0.15) is 335 Å². The monoisotopic (exact) mass is 1030 g/mol. The van der Waals surface area contributed by atoms with Crippen LogP contribution in [-0.2, 0) is 28.6 Å². The first-order valence-electron chi connectivity index (χ1n) is 32.3. The van der Waals surface area contributed by atoms with Crippen LogP contribution in [0.15, 0.2) is 60.8 Å². The molecule has 74 heavy (non-hydrogen) atoms. The zero-order chi connectivity index (χ0) is 53.6. The van der Waals surface area contributed by atoms with Gasteiger partial charge in [-0.25, -0.2) is 0 Å². The van der Waals surface area contributed by atoms with Crippen molar-refractivity contribution >= 4 is 17.9 Å². The third kappa shape index (κ3) is 60.0. The third-order valence-corrected chi connectivity index (χ3v) is 14.3. The molecule has 0 aromatic rings. The molecule has 1 unspecified atom stereocenters. The van der Waals surface area contributed by atoms with Gasteiger partial charge in [-0.2, -0.15) is 0 Å². The van der Waals surface area contributed by atoms with E-state index in [4.69, 9.17) is 14.2 Å². The van der Waals surface area contributed by atoms with Crippen LogP contribution in [0.25, 0.3) is 0 Å². The molecule has 0 radical (unpaired) electrons. The smallest absolute Gasteiger partial charge is 0.306 e. The fourth-order valence-corrected chi connectivity index (χ4v) is 9.47. The lowest BCUT2D eigenvalue weighted by molar-refractivity contribution is -0.167. The average Bonchev–Trinajstić information content (AvgIpc) is 3.40. The molecule has 0 fully saturated rings. The lowest BCUT2D eigenvalue weighted by Crippen LogP contribution is -2.30. The molecule has 0 aromatic heterocycles. The van der Waals surface area contributed by atoms with Crippen molar-refractivity contribution < 1.29 is 28.6 Å². The van der Waals surface area contributed by atoms with Crippen molar-refractivity contribution in [3.63, 3.8) is 0 Å². The largest absolute Gasteiger partial charge is 0.462 e. The van der Waals surface area contributed by atoms with Crippen molar-refractivity contribution in [1.82, 2.24) is 0 Å². The van der Waals surface area contributed by atoms with Gasteiger partial charge >= 0.3 is 17.9 Å². The Bertz CT molecular complexity index is 1330. The van der Waals surface area contributed by atoms with Crippen LogP contribution in [-0.4, -0.2) is 37.2 Å². The molecule has 0 saturated carbocycles. The van der Waals surface area contributed by atoms with Crippen molar-refractivity contribution in [3.8, 4) is 0 Å². The highest BCUT2D eigenvalue weighted by atomic mass is 16.6. The van der Waals surface area contributed by atoms with Crippen LogP contribution in [0.5, 0.6) is 0 Å². The number of unbranched alkanes of at least 4 members (excludes halogenated alkanes) is 38. The zero-order valence-electron chi connectivity index (χ0n) is 49.4. The van der Waals surface area contributed by atoms with Crippen LogP contribution in [0.4, 0.5) is 0 Å². The van der Waals surface area contributed by atoms with Crippen LogP contribution < -0.4 is 0 Å². The minimum absolute atomic E-state index is 0.0729. The van der Waals surface area contributed by atoms with Gasteiger partial charge in [-0.3, -0.25) is 14.4 Å². The molecule has 0 aromatic carbocycles. The van der Waals surface area contributed by atoms with Crippen molar-refractivity contribution in [2.24, 2.45) is 0 Å². The highest BCUT2D eigenvalue weighted by molar-refractivity contribution is 5.71. The van der Waals surface area contributed by atoms with Crippen molar-refractivity contribution in [1.29, 1.82) is 0 Å². The Balaban J connectivity index is 4.30. The molecule has 6 nitrogen and oxygen atoms in total. The van der Waals surface area contributed by atoms with Crippen molar-refractivity contribution in [2.45, 2.75) is 341 Å². The Morgan fingerprint density at radius 3 is 0.824 bits per heavy atom. The number of allylic oxidation sites excluding steroid dienone is 10. The summed E-state index contributed by atoms with van der Waals surface area (Å²) in [5.74, 6) is -0.864. The summed E-state index contributed by atoms with van der Waals surface area (Å²) in [6.45, 7) is 6.57. The summed E-state index contributed by atoms with van der Waals surface area (Å²) in [6.07, 6.45) is 79.4. The molecule has 0 bridgehead atoms. The molecule has 0 spiro atoms. The van der Waals surface area contributed by atoms with Gasteiger partial charge in [0.05, 0.1) is 0 Å². The molecule has 0 aliphatic heterocycles. The van der Waals surface area contributed by atoms with Gasteiger partial charge in [-0.1, -0.05) is 313 Å². The Labute approximate surface area is 460 Å². The molecule has 430 valence electrons. The molecule has 0 N–H and O–H groups in total. The summed E-state index contributed by atoms with van der Waals surface area (Å²) in [5, 5.41) is 0. The Kier molecular flexibility index (Phi) is 60.2. The Morgan fingerprint density at radius 2 is 0.527 bits per heavy atom. The predicted molar refractivity (Wildman–Crippen MR) is 321 cm³/mol. The summed E-state index contributed by atoms with van der Waals surface area (Å²) < 4.78 is 16.9. The van der Waals surface area contributed by atoms with E-state index < -0.39 is 6.10 Å². The van der Waals surface area contributed by atoms with Crippen LogP contribution in [0, 0.1) is 0 Å². The van der Waals surface area contributed by atoms with E-state index in [1.807, 2.05) is 0 Å². The molecule has 0 aliphatic rings. The number of esters is 3. The second kappa shape index (κ2) is 62.6. The maximum absolute atomic E-state index is 12.9. The van der Waals surface area contributed by atoms with Gasteiger partial charge in [0.2, 0.25) is 0 Å². The van der Waals surface area contributed by atoms with E-state index in [0.29, 0.717) is 19.3 Å². The molecule has 0 saturated heterocycles. The highest BCUT2D eigenvalue weighted by Gasteiger charge is 2.19. The van der Waals surface area contributed by atoms with E-state index in [-0.39, 0.29) is 31.1 Å². The second-order valence-electron chi connectivity index (χ2n) is 21.7. The van der Waals surface area contributed by atoms with Gasteiger partial charge in [-0.15, -0.1) is 0 Å². The second-order valence-corrected chi connectivity index (χ2v) is 21.7. The van der Waals surface area contributed by atoms with E-state index in [2.05, 4.69) is 81.5 Å². The Hall–Kier alpha value is -2.89. The summed E-state index contributed by atoms with van der Waals surface area (Å²) in [7, 11) is 0. The fourth-order valence-electron chi connectivity index (χ4n) is 9.47. The quantitative estimate of drug-likeness (QED) is 0.0261. The maximum atomic E-state index is 12.9. The van der Waals surface area contributed by atoms with Crippen molar-refractivity contribution in [2.75, 3.05) is 13.2 Å². The van der Waals surface area contributed by atoms with E-state index >= 15 is 0 Å². The van der Waals surface area contributed by atoms with E-state index in [1.54, 1.807) is 0 Å². The number of rotatable bonds is 59. The Morgan fingerprint density at radius 1 is 0.284 bits per heavy atom. The first-order chi connectivity index (χ1) is 36.5. The molecule has 1 atom stereocenters. The van der Waals surface area contributed by atoms with Gasteiger partial charge in [0.15, 0.2) is 6.10 Å². The van der Waals surface area contributed by atoms with Gasteiger partial charge in [0, 0.05) is 19.3 Å². The number of carbonyl (C=O) groups excluding carboxylic acids is 3. The predicted octanol–water partition coefficient (Wildman–Crippen LogP) is 21.9. The van der Waals surface area contributed by atoms with Crippen molar-refractivity contribution in [3.05, 3.63) is 60.8 Å². The fraction of sp³-hybridized carbons (Fsp3) is 0.809. The summed E-state index contributed by atoms with van der Waals surface area (Å²) >= 11 is 0. The normalized spacial score (nSPS) is 12.4. The van der Waals surface area contributed by atoms with E-state index in [9.17, 15) is 14.4 Å². The third-order valence-electron chi connectivity index (χ3n) is 14.3. The number of carbonyl (C=O) groups is 3. The van der Waals surface area contributed by atoms with Crippen LogP contribution >= 0.6 is 0 Å². The number of ether oxygens (including phenoxy) is 3. The molecular formula is C68H122O6. The minimum atomic E-state index is -0.776. The highest BCUT2D eigenvalue weighted by Crippen LogP contribution is 2.17.